The van der Waals surface area contributed by atoms with Crippen molar-refractivity contribution in [2.24, 2.45) is 5.73 Å². The average molecular weight is 182 g/mol. The zero-order chi connectivity index (χ0) is 9.42. The molecule has 0 saturated carbocycles. The molecule has 72 valence electrons. The number of nitrogens with zero attached hydrogens (tertiary/aromatic N) is 3. The van der Waals surface area contributed by atoms with Gasteiger partial charge in [-0.2, -0.15) is 0 Å². The number of hydrogen-bond donors (Lipinski definition) is 2. The van der Waals surface area contributed by atoms with Gasteiger partial charge in [0.25, 0.3) is 0 Å². The molecule has 0 fully saturated rings. The minimum absolute atomic E-state index is 0.168. The SMILES string of the molecule is C[C@H](O)c1nnc2n1CC(N)CC2. The summed E-state index contributed by atoms with van der Waals surface area (Å²) in [5.74, 6) is 1.57. The number of aromatic nitrogens is 3. The minimum Gasteiger partial charge on any atom is -0.385 e. The van der Waals surface area contributed by atoms with Gasteiger partial charge in [0.1, 0.15) is 11.9 Å². The Morgan fingerprint density at radius 2 is 2.38 bits per heavy atom. The summed E-state index contributed by atoms with van der Waals surface area (Å²) in [5, 5.41) is 17.3. The van der Waals surface area contributed by atoms with Crippen molar-refractivity contribution in [1.29, 1.82) is 0 Å². The maximum Gasteiger partial charge on any atom is 0.161 e. The second kappa shape index (κ2) is 3.08. The molecule has 2 heterocycles. The van der Waals surface area contributed by atoms with Crippen LogP contribution in [0, 0.1) is 0 Å². The van der Waals surface area contributed by atoms with Crippen molar-refractivity contribution in [3.05, 3.63) is 11.6 Å². The summed E-state index contributed by atoms with van der Waals surface area (Å²) in [6, 6.07) is 0.168. The first kappa shape index (κ1) is 8.65. The van der Waals surface area contributed by atoms with Gasteiger partial charge in [-0.3, -0.25) is 0 Å². The van der Waals surface area contributed by atoms with Crippen LogP contribution in [-0.4, -0.2) is 25.9 Å². The summed E-state index contributed by atoms with van der Waals surface area (Å²) in [4.78, 5) is 0. The summed E-state index contributed by atoms with van der Waals surface area (Å²) in [6.07, 6.45) is 1.25. The number of rotatable bonds is 1. The molecule has 0 spiro atoms. The molecule has 1 unspecified atom stereocenters. The molecule has 0 amide bonds. The lowest BCUT2D eigenvalue weighted by molar-refractivity contribution is 0.181. The Hall–Kier alpha value is -0.940. The van der Waals surface area contributed by atoms with Gasteiger partial charge in [0.2, 0.25) is 0 Å². The standard InChI is InChI=1S/C8H14N4O/c1-5(13)8-11-10-7-3-2-6(9)4-12(7)8/h5-6,13H,2-4,9H2,1H3/t5-,6?/m0/s1. The van der Waals surface area contributed by atoms with E-state index in [9.17, 15) is 5.11 Å². The molecule has 0 aromatic carbocycles. The summed E-state index contributed by atoms with van der Waals surface area (Å²) in [7, 11) is 0. The van der Waals surface area contributed by atoms with E-state index in [-0.39, 0.29) is 6.04 Å². The molecular formula is C8H14N4O. The number of fused-ring (bicyclic) bond motifs is 1. The lowest BCUT2D eigenvalue weighted by Crippen LogP contribution is -2.33. The summed E-state index contributed by atoms with van der Waals surface area (Å²) in [5.41, 5.74) is 5.82. The Labute approximate surface area is 76.6 Å². The molecule has 5 nitrogen and oxygen atoms in total. The average Bonchev–Trinajstić information content (AvgIpc) is 2.46. The zero-order valence-electron chi connectivity index (χ0n) is 7.64. The normalized spacial score (nSPS) is 24.1. The Bertz CT molecular complexity index is 307. The van der Waals surface area contributed by atoms with Gasteiger partial charge in [-0.1, -0.05) is 0 Å². The van der Waals surface area contributed by atoms with Gasteiger partial charge in [-0.05, 0) is 13.3 Å². The van der Waals surface area contributed by atoms with E-state index in [1.807, 2.05) is 4.57 Å². The molecule has 3 N–H and O–H groups in total. The molecule has 0 bridgehead atoms. The number of hydrogen-bond acceptors (Lipinski definition) is 4. The van der Waals surface area contributed by atoms with Gasteiger partial charge in [-0.25, -0.2) is 0 Å². The van der Waals surface area contributed by atoms with Crippen LogP contribution in [0.5, 0.6) is 0 Å². The van der Waals surface area contributed by atoms with Crippen molar-refractivity contribution in [3.63, 3.8) is 0 Å². The molecule has 13 heavy (non-hydrogen) atoms. The van der Waals surface area contributed by atoms with Crippen LogP contribution in [0.2, 0.25) is 0 Å². The Kier molecular flexibility index (Phi) is 2.05. The van der Waals surface area contributed by atoms with Crippen molar-refractivity contribution in [2.75, 3.05) is 0 Å². The van der Waals surface area contributed by atoms with E-state index < -0.39 is 6.10 Å². The van der Waals surface area contributed by atoms with E-state index in [1.54, 1.807) is 6.92 Å². The third kappa shape index (κ3) is 1.45. The third-order valence-electron chi connectivity index (χ3n) is 2.39. The predicted molar refractivity (Wildman–Crippen MR) is 47.0 cm³/mol. The van der Waals surface area contributed by atoms with E-state index >= 15 is 0 Å². The highest BCUT2D eigenvalue weighted by Gasteiger charge is 2.21. The van der Waals surface area contributed by atoms with E-state index in [0.717, 1.165) is 25.2 Å². The largest absolute Gasteiger partial charge is 0.385 e. The fourth-order valence-electron chi connectivity index (χ4n) is 1.68. The zero-order valence-corrected chi connectivity index (χ0v) is 7.64. The number of aryl methyl sites for hydroxylation is 1. The smallest absolute Gasteiger partial charge is 0.161 e. The van der Waals surface area contributed by atoms with Crippen LogP contribution in [0.15, 0.2) is 0 Å². The highest BCUT2D eigenvalue weighted by Crippen LogP contribution is 2.17. The molecular weight excluding hydrogens is 168 g/mol. The van der Waals surface area contributed by atoms with Gasteiger partial charge >= 0.3 is 0 Å². The quantitative estimate of drug-likeness (QED) is 0.620. The van der Waals surface area contributed by atoms with Crippen molar-refractivity contribution in [1.82, 2.24) is 14.8 Å². The van der Waals surface area contributed by atoms with Gasteiger partial charge in [0.05, 0.1) is 0 Å². The molecule has 0 saturated heterocycles. The third-order valence-corrected chi connectivity index (χ3v) is 2.39. The molecule has 2 atom stereocenters. The first-order chi connectivity index (χ1) is 6.18. The molecule has 5 heteroatoms. The van der Waals surface area contributed by atoms with Gasteiger partial charge in [0.15, 0.2) is 5.82 Å². The van der Waals surface area contributed by atoms with E-state index in [4.69, 9.17) is 5.73 Å². The first-order valence-electron chi connectivity index (χ1n) is 4.54. The van der Waals surface area contributed by atoms with Crippen molar-refractivity contribution < 1.29 is 5.11 Å². The molecule has 1 aliphatic heterocycles. The fraction of sp³-hybridized carbons (Fsp3) is 0.750. The van der Waals surface area contributed by atoms with Crippen LogP contribution in [0.25, 0.3) is 0 Å². The van der Waals surface area contributed by atoms with Crippen LogP contribution >= 0.6 is 0 Å². The van der Waals surface area contributed by atoms with Crippen LogP contribution in [-0.2, 0) is 13.0 Å². The van der Waals surface area contributed by atoms with Crippen LogP contribution < -0.4 is 5.73 Å². The minimum atomic E-state index is -0.563. The van der Waals surface area contributed by atoms with Crippen LogP contribution in [0.1, 0.15) is 31.1 Å². The van der Waals surface area contributed by atoms with Crippen molar-refractivity contribution >= 4 is 0 Å². The monoisotopic (exact) mass is 182 g/mol. The van der Waals surface area contributed by atoms with Crippen LogP contribution in [0.4, 0.5) is 0 Å². The second-order valence-corrected chi connectivity index (χ2v) is 3.56. The molecule has 1 aliphatic rings. The molecule has 0 aliphatic carbocycles. The number of aliphatic hydroxyl groups excluding tert-OH is 1. The van der Waals surface area contributed by atoms with E-state index in [1.165, 1.54) is 0 Å². The molecule has 0 radical (unpaired) electrons. The highest BCUT2D eigenvalue weighted by molar-refractivity contribution is 5.02. The van der Waals surface area contributed by atoms with Crippen LogP contribution in [0.3, 0.4) is 0 Å². The summed E-state index contributed by atoms with van der Waals surface area (Å²) < 4.78 is 1.93. The predicted octanol–water partition coefficient (Wildman–Crippen LogP) is -0.395. The molecule has 1 aromatic heterocycles. The van der Waals surface area contributed by atoms with Crippen molar-refractivity contribution in [2.45, 2.75) is 38.5 Å². The lowest BCUT2D eigenvalue weighted by Gasteiger charge is -2.21. The Balaban J connectivity index is 2.35. The van der Waals surface area contributed by atoms with Crippen molar-refractivity contribution in [3.8, 4) is 0 Å². The maximum atomic E-state index is 9.39. The molecule has 1 aromatic rings. The number of nitrogens with two attached hydrogens (primary N) is 1. The second-order valence-electron chi connectivity index (χ2n) is 3.56. The molecule has 2 rings (SSSR count). The van der Waals surface area contributed by atoms with Gasteiger partial charge < -0.3 is 15.4 Å². The van der Waals surface area contributed by atoms with Gasteiger partial charge in [0, 0.05) is 19.0 Å². The first-order valence-corrected chi connectivity index (χ1v) is 4.54. The van der Waals surface area contributed by atoms with Gasteiger partial charge in [-0.15, -0.1) is 10.2 Å². The summed E-state index contributed by atoms with van der Waals surface area (Å²) in [6.45, 7) is 2.42. The Morgan fingerprint density at radius 3 is 3.08 bits per heavy atom. The van der Waals surface area contributed by atoms with E-state index in [2.05, 4.69) is 10.2 Å². The highest BCUT2D eigenvalue weighted by atomic mass is 16.3. The maximum absolute atomic E-state index is 9.39. The fourth-order valence-corrected chi connectivity index (χ4v) is 1.68. The Morgan fingerprint density at radius 1 is 1.62 bits per heavy atom. The number of aliphatic hydroxyl groups is 1. The van der Waals surface area contributed by atoms with E-state index in [0.29, 0.717) is 5.82 Å². The lowest BCUT2D eigenvalue weighted by atomic mass is 10.1. The summed E-state index contributed by atoms with van der Waals surface area (Å²) >= 11 is 0. The topological polar surface area (TPSA) is 77.0 Å².